The standard InChI is InChI=1S/C18H25N3O4/c1-14(16(19)22)20-9-7-18(8-10-20)13-21(17(23)25-18)11-12-24-15-5-3-2-4-6-15/h2-6,14H,7-13H2,1H3,(H2,19,22)/t14-/m1/s1. The molecule has 2 aliphatic heterocycles. The molecule has 2 aliphatic rings. The number of amides is 2. The SMILES string of the molecule is C[C@H](C(N)=O)N1CCC2(CC1)CN(CCOc1ccccc1)C(=O)O2. The molecular formula is C18H25N3O4. The predicted octanol–water partition coefficient (Wildman–Crippen LogP) is 1.23. The van der Waals surface area contributed by atoms with Crippen molar-refractivity contribution < 1.29 is 19.1 Å². The summed E-state index contributed by atoms with van der Waals surface area (Å²) in [6.45, 7) is 4.71. The van der Waals surface area contributed by atoms with E-state index in [0.717, 1.165) is 5.75 Å². The Hall–Kier alpha value is -2.28. The van der Waals surface area contributed by atoms with Gasteiger partial charge >= 0.3 is 6.09 Å². The van der Waals surface area contributed by atoms with Crippen LogP contribution in [0.5, 0.6) is 5.75 Å². The molecule has 1 spiro atoms. The Balaban J connectivity index is 1.48. The van der Waals surface area contributed by atoms with Crippen LogP contribution in [-0.4, -0.2) is 66.2 Å². The van der Waals surface area contributed by atoms with E-state index in [2.05, 4.69) is 0 Å². The molecule has 7 heteroatoms. The number of carbonyl (C=O) groups excluding carboxylic acids is 2. The molecule has 2 saturated heterocycles. The summed E-state index contributed by atoms with van der Waals surface area (Å²) in [4.78, 5) is 27.2. The molecule has 0 aromatic heterocycles. The summed E-state index contributed by atoms with van der Waals surface area (Å²) < 4.78 is 11.3. The van der Waals surface area contributed by atoms with E-state index in [1.807, 2.05) is 42.2 Å². The van der Waals surface area contributed by atoms with Crippen molar-refractivity contribution >= 4 is 12.0 Å². The first kappa shape index (κ1) is 17.5. The number of para-hydroxylation sites is 1. The number of piperidine rings is 1. The number of hydrogen-bond donors (Lipinski definition) is 1. The van der Waals surface area contributed by atoms with E-state index >= 15 is 0 Å². The van der Waals surface area contributed by atoms with Crippen molar-refractivity contribution in [3.8, 4) is 5.75 Å². The van der Waals surface area contributed by atoms with Gasteiger partial charge in [-0.15, -0.1) is 0 Å². The number of ether oxygens (including phenoxy) is 2. The topological polar surface area (TPSA) is 85.1 Å². The van der Waals surface area contributed by atoms with E-state index in [9.17, 15) is 9.59 Å². The molecule has 2 fully saturated rings. The van der Waals surface area contributed by atoms with Gasteiger partial charge in [0.1, 0.15) is 18.0 Å². The number of carbonyl (C=O) groups is 2. The second kappa shape index (κ2) is 7.31. The minimum atomic E-state index is -0.447. The van der Waals surface area contributed by atoms with E-state index in [1.54, 1.807) is 4.90 Å². The Morgan fingerprint density at radius 2 is 2.00 bits per heavy atom. The van der Waals surface area contributed by atoms with Crippen LogP contribution in [0.2, 0.25) is 0 Å². The van der Waals surface area contributed by atoms with Gasteiger partial charge in [0.25, 0.3) is 0 Å². The highest BCUT2D eigenvalue weighted by Crippen LogP contribution is 2.33. The van der Waals surface area contributed by atoms with Crippen molar-refractivity contribution in [2.45, 2.75) is 31.4 Å². The van der Waals surface area contributed by atoms with Gasteiger partial charge in [-0.1, -0.05) is 18.2 Å². The predicted molar refractivity (Wildman–Crippen MR) is 92.2 cm³/mol. The van der Waals surface area contributed by atoms with Crippen molar-refractivity contribution in [3.63, 3.8) is 0 Å². The minimum Gasteiger partial charge on any atom is -0.492 e. The normalized spacial score (nSPS) is 21.2. The second-order valence-corrected chi connectivity index (χ2v) is 6.75. The Morgan fingerprint density at radius 1 is 1.32 bits per heavy atom. The molecule has 136 valence electrons. The molecule has 25 heavy (non-hydrogen) atoms. The summed E-state index contributed by atoms with van der Waals surface area (Å²) in [5, 5.41) is 0. The number of nitrogens with two attached hydrogens (primary N) is 1. The molecule has 1 aromatic rings. The summed E-state index contributed by atoms with van der Waals surface area (Å²) in [7, 11) is 0. The molecule has 1 atom stereocenters. The van der Waals surface area contributed by atoms with E-state index in [0.29, 0.717) is 45.6 Å². The lowest BCUT2D eigenvalue weighted by atomic mass is 9.90. The number of nitrogens with zero attached hydrogens (tertiary/aromatic N) is 2. The summed E-state index contributed by atoms with van der Waals surface area (Å²) in [5.41, 5.74) is 4.92. The molecule has 2 heterocycles. The number of benzene rings is 1. The highest BCUT2D eigenvalue weighted by Gasteiger charge is 2.47. The molecule has 2 N–H and O–H groups in total. The van der Waals surface area contributed by atoms with Crippen molar-refractivity contribution in [1.82, 2.24) is 9.80 Å². The Morgan fingerprint density at radius 3 is 2.64 bits per heavy atom. The molecule has 0 saturated carbocycles. The Kier molecular flexibility index (Phi) is 5.13. The third-order valence-electron chi connectivity index (χ3n) is 5.08. The van der Waals surface area contributed by atoms with Crippen molar-refractivity contribution in [2.75, 3.05) is 32.8 Å². The maximum absolute atomic E-state index is 12.2. The van der Waals surface area contributed by atoms with E-state index in [4.69, 9.17) is 15.2 Å². The molecule has 2 amide bonds. The lowest BCUT2D eigenvalue weighted by molar-refractivity contribution is -0.124. The third kappa shape index (κ3) is 4.04. The number of rotatable bonds is 6. The molecule has 1 aromatic carbocycles. The number of primary amides is 1. The highest BCUT2D eigenvalue weighted by atomic mass is 16.6. The van der Waals surface area contributed by atoms with Gasteiger partial charge in [0.05, 0.1) is 19.1 Å². The van der Waals surface area contributed by atoms with Crippen LogP contribution in [0, 0.1) is 0 Å². The van der Waals surface area contributed by atoms with Gasteiger partial charge in [0.2, 0.25) is 5.91 Å². The van der Waals surface area contributed by atoms with Crippen LogP contribution in [-0.2, 0) is 9.53 Å². The van der Waals surface area contributed by atoms with Crippen LogP contribution >= 0.6 is 0 Å². The van der Waals surface area contributed by atoms with Gasteiger partial charge in [0.15, 0.2) is 0 Å². The summed E-state index contributed by atoms with van der Waals surface area (Å²) in [6.07, 6.45) is 1.15. The van der Waals surface area contributed by atoms with E-state index < -0.39 is 5.60 Å². The van der Waals surface area contributed by atoms with Gasteiger partial charge < -0.3 is 20.1 Å². The van der Waals surface area contributed by atoms with E-state index in [-0.39, 0.29) is 18.0 Å². The van der Waals surface area contributed by atoms with Crippen molar-refractivity contribution in [3.05, 3.63) is 30.3 Å². The highest BCUT2D eigenvalue weighted by molar-refractivity contribution is 5.79. The molecule has 7 nitrogen and oxygen atoms in total. The molecule has 0 unspecified atom stereocenters. The zero-order chi connectivity index (χ0) is 17.9. The third-order valence-corrected chi connectivity index (χ3v) is 5.08. The lowest BCUT2D eigenvalue weighted by Crippen LogP contribution is -2.52. The monoisotopic (exact) mass is 347 g/mol. The fourth-order valence-corrected chi connectivity index (χ4v) is 3.41. The minimum absolute atomic E-state index is 0.284. The molecule has 3 rings (SSSR count). The maximum atomic E-state index is 12.2. The number of likely N-dealkylation sites (tertiary alicyclic amines) is 1. The first-order chi connectivity index (χ1) is 12.0. The van der Waals surface area contributed by atoms with Crippen LogP contribution in [0.1, 0.15) is 19.8 Å². The average molecular weight is 347 g/mol. The largest absolute Gasteiger partial charge is 0.492 e. The smallest absolute Gasteiger partial charge is 0.410 e. The fraction of sp³-hybridized carbons (Fsp3) is 0.556. The van der Waals surface area contributed by atoms with Crippen LogP contribution in [0.3, 0.4) is 0 Å². The van der Waals surface area contributed by atoms with E-state index in [1.165, 1.54) is 0 Å². The average Bonchev–Trinajstić information content (AvgIpc) is 2.91. The summed E-state index contributed by atoms with van der Waals surface area (Å²) in [5.74, 6) is 0.470. The van der Waals surface area contributed by atoms with Crippen LogP contribution in [0.15, 0.2) is 30.3 Å². The zero-order valence-corrected chi connectivity index (χ0v) is 14.5. The number of hydrogen-bond acceptors (Lipinski definition) is 5. The summed E-state index contributed by atoms with van der Waals surface area (Å²) >= 11 is 0. The Bertz CT molecular complexity index is 614. The maximum Gasteiger partial charge on any atom is 0.410 e. The Labute approximate surface area is 147 Å². The second-order valence-electron chi connectivity index (χ2n) is 6.75. The van der Waals surface area contributed by atoms with Crippen molar-refractivity contribution in [2.24, 2.45) is 5.73 Å². The fourth-order valence-electron chi connectivity index (χ4n) is 3.41. The first-order valence-corrected chi connectivity index (χ1v) is 8.68. The molecule has 0 aliphatic carbocycles. The van der Waals surface area contributed by atoms with Gasteiger partial charge in [-0.05, 0) is 19.1 Å². The molecule has 0 bridgehead atoms. The molecule has 0 radical (unpaired) electrons. The van der Waals surface area contributed by atoms with Gasteiger partial charge in [0, 0.05) is 25.9 Å². The van der Waals surface area contributed by atoms with Gasteiger partial charge in [-0.3, -0.25) is 9.69 Å². The quantitative estimate of drug-likeness (QED) is 0.836. The van der Waals surface area contributed by atoms with Gasteiger partial charge in [-0.25, -0.2) is 4.79 Å². The van der Waals surface area contributed by atoms with Gasteiger partial charge in [-0.2, -0.15) is 0 Å². The zero-order valence-electron chi connectivity index (χ0n) is 14.5. The molecular weight excluding hydrogens is 322 g/mol. The van der Waals surface area contributed by atoms with Crippen LogP contribution in [0.25, 0.3) is 0 Å². The summed E-state index contributed by atoms with van der Waals surface area (Å²) in [6, 6.07) is 9.24. The lowest BCUT2D eigenvalue weighted by Gasteiger charge is -2.39. The first-order valence-electron chi connectivity index (χ1n) is 8.68. The van der Waals surface area contributed by atoms with Crippen LogP contribution in [0.4, 0.5) is 4.79 Å². The van der Waals surface area contributed by atoms with Crippen molar-refractivity contribution in [1.29, 1.82) is 0 Å². The van der Waals surface area contributed by atoms with Crippen LogP contribution < -0.4 is 10.5 Å².